The normalized spacial score (nSPS) is 12.4. The number of hydrogen-bond acceptors (Lipinski definition) is 4. The van der Waals surface area contributed by atoms with Gasteiger partial charge < -0.3 is 10.1 Å². The molecule has 0 saturated carbocycles. The number of hydrogen-bond donors (Lipinski definition) is 2. The molecule has 2 N–H and O–H groups in total. The third-order valence-electron chi connectivity index (χ3n) is 3.03. The number of nitrogens with zero attached hydrogens (tertiary/aromatic N) is 1. The van der Waals surface area contributed by atoms with Crippen molar-refractivity contribution in [3.05, 3.63) is 45.1 Å². The molecule has 2 aromatic rings. The quantitative estimate of drug-likeness (QED) is 0.860. The SMILES string of the molecule is CSCCC(C(=O)O)n1c(=O)[nH]c2ccccc2c1=O. The fraction of sp³-hybridized carbons (Fsp3) is 0.308. The van der Waals surface area contributed by atoms with Gasteiger partial charge in [0.25, 0.3) is 5.56 Å². The zero-order valence-corrected chi connectivity index (χ0v) is 11.6. The number of carboxylic acids is 1. The van der Waals surface area contributed by atoms with Crippen molar-refractivity contribution < 1.29 is 9.90 Å². The molecule has 0 aliphatic carbocycles. The van der Waals surface area contributed by atoms with Gasteiger partial charge in [0.2, 0.25) is 0 Å². The first kappa shape index (κ1) is 14.4. The van der Waals surface area contributed by atoms with Crippen LogP contribution in [0.4, 0.5) is 0 Å². The summed E-state index contributed by atoms with van der Waals surface area (Å²) in [6.07, 6.45) is 2.06. The molecule has 1 aromatic carbocycles. The Labute approximate surface area is 118 Å². The molecule has 0 aliphatic heterocycles. The van der Waals surface area contributed by atoms with Gasteiger partial charge in [-0.25, -0.2) is 14.2 Å². The summed E-state index contributed by atoms with van der Waals surface area (Å²) in [5.74, 6) is -0.628. The van der Waals surface area contributed by atoms with Gasteiger partial charge in [0.05, 0.1) is 10.9 Å². The van der Waals surface area contributed by atoms with E-state index in [1.165, 1.54) is 11.8 Å². The van der Waals surface area contributed by atoms with E-state index in [9.17, 15) is 19.5 Å². The van der Waals surface area contributed by atoms with Gasteiger partial charge in [-0.2, -0.15) is 11.8 Å². The number of nitrogens with one attached hydrogen (secondary N) is 1. The minimum absolute atomic E-state index is 0.220. The highest BCUT2D eigenvalue weighted by molar-refractivity contribution is 7.98. The summed E-state index contributed by atoms with van der Waals surface area (Å²) in [6, 6.07) is 5.40. The molecule has 0 saturated heterocycles. The van der Waals surface area contributed by atoms with Crippen molar-refractivity contribution in [2.24, 2.45) is 0 Å². The molecule has 0 spiro atoms. The molecular weight excluding hydrogens is 280 g/mol. The average Bonchev–Trinajstić information content (AvgIpc) is 2.42. The van der Waals surface area contributed by atoms with Crippen LogP contribution >= 0.6 is 11.8 Å². The number of rotatable bonds is 5. The van der Waals surface area contributed by atoms with Gasteiger partial charge in [-0.05, 0) is 30.6 Å². The first-order chi connectivity index (χ1) is 9.56. The Kier molecular flexibility index (Phi) is 4.29. The number of carboxylic acid groups (broad SMARTS) is 1. The molecule has 1 atom stereocenters. The molecule has 0 amide bonds. The van der Waals surface area contributed by atoms with Crippen molar-refractivity contribution in [3.63, 3.8) is 0 Å². The lowest BCUT2D eigenvalue weighted by atomic mass is 10.2. The third-order valence-corrected chi connectivity index (χ3v) is 3.67. The van der Waals surface area contributed by atoms with E-state index in [-0.39, 0.29) is 6.42 Å². The highest BCUT2D eigenvalue weighted by Gasteiger charge is 2.23. The maximum absolute atomic E-state index is 12.3. The van der Waals surface area contributed by atoms with Crippen molar-refractivity contribution in [2.45, 2.75) is 12.5 Å². The van der Waals surface area contributed by atoms with Crippen LogP contribution in [0.1, 0.15) is 12.5 Å². The van der Waals surface area contributed by atoms with Crippen LogP contribution in [0.2, 0.25) is 0 Å². The molecule has 0 fully saturated rings. The van der Waals surface area contributed by atoms with Gasteiger partial charge in [-0.15, -0.1) is 0 Å². The van der Waals surface area contributed by atoms with Crippen LogP contribution in [0.25, 0.3) is 10.9 Å². The summed E-state index contributed by atoms with van der Waals surface area (Å²) >= 11 is 1.47. The number of aromatic amines is 1. The predicted molar refractivity (Wildman–Crippen MR) is 78.5 cm³/mol. The number of aromatic nitrogens is 2. The van der Waals surface area contributed by atoms with Gasteiger partial charge >= 0.3 is 11.7 Å². The molecular formula is C13H14N2O4S. The lowest BCUT2D eigenvalue weighted by Gasteiger charge is -2.14. The standard InChI is InChI=1S/C13H14N2O4S/c1-20-7-6-10(12(17)18)15-11(16)8-4-2-3-5-9(8)14-13(15)19/h2-5,10H,6-7H2,1H3,(H,14,19)(H,17,18). The van der Waals surface area contributed by atoms with Crippen LogP contribution < -0.4 is 11.2 Å². The molecule has 0 bridgehead atoms. The maximum Gasteiger partial charge on any atom is 0.329 e. The highest BCUT2D eigenvalue weighted by atomic mass is 32.2. The summed E-state index contributed by atoms with van der Waals surface area (Å²) in [7, 11) is 0. The van der Waals surface area contributed by atoms with Gasteiger partial charge in [0, 0.05) is 0 Å². The van der Waals surface area contributed by atoms with E-state index in [2.05, 4.69) is 4.98 Å². The second-order valence-electron chi connectivity index (χ2n) is 4.29. The summed E-state index contributed by atoms with van der Waals surface area (Å²) < 4.78 is 0.793. The van der Waals surface area contributed by atoms with Crippen molar-refractivity contribution in [3.8, 4) is 0 Å². The molecule has 20 heavy (non-hydrogen) atoms. The molecule has 7 heteroatoms. The smallest absolute Gasteiger partial charge is 0.329 e. The Morgan fingerprint density at radius 3 is 2.75 bits per heavy atom. The lowest BCUT2D eigenvalue weighted by molar-refractivity contribution is -0.141. The first-order valence-corrected chi connectivity index (χ1v) is 7.41. The van der Waals surface area contributed by atoms with E-state index >= 15 is 0 Å². The van der Waals surface area contributed by atoms with Crippen molar-refractivity contribution >= 4 is 28.6 Å². The van der Waals surface area contributed by atoms with Crippen LogP contribution in [0.15, 0.2) is 33.9 Å². The number of fused-ring (bicyclic) bond motifs is 1. The molecule has 1 unspecified atom stereocenters. The lowest BCUT2D eigenvalue weighted by Crippen LogP contribution is -2.41. The van der Waals surface area contributed by atoms with Crippen molar-refractivity contribution in [1.29, 1.82) is 0 Å². The van der Waals surface area contributed by atoms with E-state index in [4.69, 9.17) is 0 Å². The van der Waals surface area contributed by atoms with E-state index in [1.54, 1.807) is 24.3 Å². The van der Waals surface area contributed by atoms with Gasteiger partial charge in [0.1, 0.15) is 6.04 Å². The number of H-pyrrole nitrogens is 1. The summed E-state index contributed by atoms with van der Waals surface area (Å²) in [5.41, 5.74) is -0.854. The zero-order chi connectivity index (χ0) is 14.7. The highest BCUT2D eigenvalue weighted by Crippen LogP contribution is 2.12. The third kappa shape index (κ3) is 2.62. The van der Waals surface area contributed by atoms with Crippen molar-refractivity contribution in [2.75, 3.05) is 12.0 Å². The summed E-state index contributed by atoms with van der Waals surface area (Å²) in [4.78, 5) is 38.2. The fourth-order valence-corrected chi connectivity index (χ4v) is 2.51. The Morgan fingerprint density at radius 2 is 2.10 bits per heavy atom. The predicted octanol–water partition coefficient (Wildman–Crippen LogP) is 1.07. The van der Waals surface area contributed by atoms with Gasteiger partial charge in [0.15, 0.2) is 0 Å². The molecule has 6 nitrogen and oxygen atoms in total. The van der Waals surface area contributed by atoms with Crippen LogP contribution in [0.5, 0.6) is 0 Å². The average molecular weight is 294 g/mol. The first-order valence-electron chi connectivity index (χ1n) is 6.01. The fourth-order valence-electron chi connectivity index (χ4n) is 2.05. The number of carbonyl (C=O) groups is 1. The molecule has 0 aliphatic rings. The monoisotopic (exact) mass is 294 g/mol. The van der Waals surface area contributed by atoms with Crippen molar-refractivity contribution in [1.82, 2.24) is 9.55 Å². The van der Waals surface area contributed by atoms with Gasteiger partial charge in [-0.1, -0.05) is 12.1 Å². The molecule has 2 rings (SSSR count). The Hall–Kier alpha value is -2.02. The van der Waals surface area contributed by atoms with Gasteiger partial charge in [-0.3, -0.25) is 4.79 Å². The minimum atomic E-state index is -1.18. The largest absolute Gasteiger partial charge is 0.480 e. The molecule has 1 heterocycles. The van der Waals surface area contributed by atoms with Crippen LogP contribution in [0, 0.1) is 0 Å². The minimum Gasteiger partial charge on any atom is -0.480 e. The number of para-hydroxylation sites is 1. The number of thioether (sulfide) groups is 1. The van der Waals surface area contributed by atoms with Crippen LogP contribution in [-0.2, 0) is 4.79 Å². The topological polar surface area (TPSA) is 92.2 Å². The molecule has 106 valence electrons. The second-order valence-corrected chi connectivity index (χ2v) is 5.27. The van der Waals surface area contributed by atoms with E-state index in [1.807, 2.05) is 6.26 Å². The van der Waals surface area contributed by atoms with Crippen LogP contribution in [-0.4, -0.2) is 32.6 Å². The summed E-state index contributed by atoms with van der Waals surface area (Å²) in [5, 5.41) is 9.56. The molecule has 0 radical (unpaired) electrons. The summed E-state index contributed by atoms with van der Waals surface area (Å²) in [6.45, 7) is 0. The van der Waals surface area contributed by atoms with E-state index in [0.29, 0.717) is 16.7 Å². The van der Waals surface area contributed by atoms with Crippen LogP contribution in [0.3, 0.4) is 0 Å². The number of benzene rings is 1. The van der Waals surface area contributed by atoms with E-state index < -0.39 is 23.3 Å². The zero-order valence-electron chi connectivity index (χ0n) is 10.8. The number of aliphatic carboxylic acids is 1. The Bertz CT molecular complexity index is 750. The Balaban J connectivity index is 2.66. The second kappa shape index (κ2) is 5.96. The maximum atomic E-state index is 12.3. The van der Waals surface area contributed by atoms with E-state index in [0.717, 1.165) is 4.57 Å². The Morgan fingerprint density at radius 1 is 1.40 bits per heavy atom. The molecule has 1 aromatic heterocycles.